The Morgan fingerprint density at radius 2 is 1.79 bits per heavy atom. The van der Waals surface area contributed by atoms with Gasteiger partial charge in [-0.15, -0.1) is 0 Å². The van der Waals surface area contributed by atoms with Crippen molar-refractivity contribution in [1.82, 2.24) is 14.9 Å². The van der Waals surface area contributed by atoms with E-state index < -0.39 is 24.6 Å². The lowest BCUT2D eigenvalue weighted by Crippen LogP contribution is -2.40. The summed E-state index contributed by atoms with van der Waals surface area (Å²) in [5, 5.41) is 2.79. The van der Waals surface area contributed by atoms with Crippen LogP contribution in [0.4, 0.5) is 29.2 Å². The number of alkyl halides is 2. The minimum atomic E-state index is -2.52. The summed E-state index contributed by atoms with van der Waals surface area (Å²) < 4.78 is 59.2. The molecule has 0 aliphatic carbocycles. The van der Waals surface area contributed by atoms with Gasteiger partial charge in [-0.25, -0.2) is 27.5 Å². The molecule has 0 saturated carbocycles. The Bertz CT molecular complexity index is 1240. The van der Waals surface area contributed by atoms with E-state index in [2.05, 4.69) is 29.3 Å². The van der Waals surface area contributed by atoms with Crippen molar-refractivity contribution in [2.24, 2.45) is 0 Å². The number of nitrogens with zero attached hydrogens (tertiary/aromatic N) is 4. The molecule has 0 spiro atoms. The van der Waals surface area contributed by atoms with Crippen molar-refractivity contribution in [2.45, 2.75) is 51.3 Å². The Kier molecular flexibility index (Phi) is 7.97. The smallest absolute Gasteiger partial charge is 0.255 e. The van der Waals surface area contributed by atoms with Crippen LogP contribution in [0.5, 0.6) is 5.75 Å². The molecule has 2 aliphatic heterocycles. The van der Waals surface area contributed by atoms with Gasteiger partial charge in [-0.05, 0) is 24.6 Å². The minimum absolute atomic E-state index is 0.0108. The summed E-state index contributed by atoms with van der Waals surface area (Å²) in [7, 11) is 0. The number of ether oxygens (including phenoxy) is 1. The van der Waals surface area contributed by atoms with Crippen molar-refractivity contribution in [1.29, 1.82) is 0 Å². The number of anilines is 2. The van der Waals surface area contributed by atoms with E-state index in [0.717, 1.165) is 30.5 Å². The van der Waals surface area contributed by atoms with Crippen molar-refractivity contribution in [3.05, 3.63) is 77.1 Å². The Hall–Kier alpha value is -3.40. The molecule has 1 aromatic heterocycles. The number of hydrogen-bond donors (Lipinski definition) is 1. The molecule has 0 amide bonds. The van der Waals surface area contributed by atoms with Gasteiger partial charge in [0.1, 0.15) is 11.9 Å². The van der Waals surface area contributed by atoms with E-state index in [1.165, 1.54) is 17.7 Å². The maximum Gasteiger partial charge on any atom is 0.255 e. The summed E-state index contributed by atoms with van der Waals surface area (Å²) >= 11 is 0. The zero-order valence-corrected chi connectivity index (χ0v) is 21.2. The van der Waals surface area contributed by atoms with Gasteiger partial charge < -0.3 is 15.0 Å². The van der Waals surface area contributed by atoms with Gasteiger partial charge in [-0.2, -0.15) is 0 Å². The molecule has 1 fully saturated rings. The van der Waals surface area contributed by atoms with Crippen LogP contribution in [0.15, 0.2) is 48.5 Å². The number of benzene rings is 2. The van der Waals surface area contributed by atoms with E-state index in [9.17, 15) is 17.6 Å². The summed E-state index contributed by atoms with van der Waals surface area (Å²) in [6.07, 6.45) is -0.957. The van der Waals surface area contributed by atoms with E-state index in [1.54, 1.807) is 0 Å². The van der Waals surface area contributed by atoms with Gasteiger partial charge >= 0.3 is 0 Å². The lowest BCUT2D eigenvalue weighted by Gasteiger charge is -2.37. The Morgan fingerprint density at radius 3 is 2.50 bits per heavy atom. The fraction of sp³-hybridized carbons (Fsp3) is 0.429. The van der Waals surface area contributed by atoms with Crippen molar-refractivity contribution < 1.29 is 22.3 Å². The molecule has 6 nitrogen and oxygen atoms in total. The summed E-state index contributed by atoms with van der Waals surface area (Å²) in [4.78, 5) is 14.1. The Balaban J connectivity index is 1.33. The first kappa shape index (κ1) is 26.2. The maximum atomic E-state index is 14.0. The third kappa shape index (κ3) is 6.01. The highest BCUT2D eigenvalue weighted by molar-refractivity contribution is 5.62. The Labute approximate surface area is 219 Å². The standard InChI is InChI=1S/C28H31F4N5O/c1-18-26-23(11-14-37(18)17-19-5-3-2-4-6-19)34-27(33-16-25(31)32)28(35-26)36-12-9-21(10-13-36)38-24-8-7-20(29)15-22(24)30/h2-8,15,18,21,25H,9-14,16-17H2,1H3,(H,33,34). The molecule has 0 bridgehead atoms. The molecule has 5 rings (SSSR count). The number of rotatable bonds is 8. The second kappa shape index (κ2) is 11.6. The van der Waals surface area contributed by atoms with Gasteiger partial charge in [-0.1, -0.05) is 30.3 Å². The lowest BCUT2D eigenvalue weighted by atomic mass is 10.0. The zero-order chi connectivity index (χ0) is 26.6. The SMILES string of the molecule is CC1c2nc(N3CCC(Oc4ccc(F)cc4F)CC3)c(NCC(F)F)nc2CCN1Cc1ccccc1. The molecule has 0 radical (unpaired) electrons. The summed E-state index contributed by atoms with van der Waals surface area (Å²) in [6, 6.07) is 13.5. The predicted molar refractivity (Wildman–Crippen MR) is 138 cm³/mol. The van der Waals surface area contributed by atoms with Gasteiger partial charge in [0.25, 0.3) is 6.43 Å². The van der Waals surface area contributed by atoms with Crippen LogP contribution in [0, 0.1) is 11.6 Å². The largest absolute Gasteiger partial charge is 0.487 e. The summed E-state index contributed by atoms with van der Waals surface area (Å²) in [5.74, 6) is -0.470. The van der Waals surface area contributed by atoms with E-state index in [4.69, 9.17) is 14.7 Å². The van der Waals surface area contributed by atoms with Gasteiger partial charge in [0, 0.05) is 51.5 Å². The molecule has 1 atom stereocenters. The van der Waals surface area contributed by atoms with Crippen LogP contribution in [0.1, 0.15) is 42.8 Å². The Morgan fingerprint density at radius 1 is 1.03 bits per heavy atom. The van der Waals surface area contributed by atoms with Crippen molar-refractivity contribution in [3.8, 4) is 5.75 Å². The van der Waals surface area contributed by atoms with E-state index in [1.807, 2.05) is 23.1 Å². The topological polar surface area (TPSA) is 53.5 Å². The second-order valence-electron chi connectivity index (χ2n) is 9.76. The molecule has 3 heterocycles. The second-order valence-corrected chi connectivity index (χ2v) is 9.76. The highest BCUT2D eigenvalue weighted by atomic mass is 19.3. The number of nitrogens with one attached hydrogen (secondary N) is 1. The van der Waals surface area contributed by atoms with Crippen LogP contribution < -0.4 is 15.0 Å². The number of fused-ring (bicyclic) bond motifs is 1. The van der Waals surface area contributed by atoms with Crippen LogP contribution in [-0.2, 0) is 13.0 Å². The maximum absolute atomic E-state index is 14.0. The highest BCUT2D eigenvalue weighted by Crippen LogP contribution is 2.34. The average molecular weight is 530 g/mol. The quantitative estimate of drug-likeness (QED) is 0.384. The number of hydrogen-bond acceptors (Lipinski definition) is 6. The normalized spacial score (nSPS) is 18.5. The molecule has 1 N–H and O–H groups in total. The summed E-state index contributed by atoms with van der Waals surface area (Å²) in [5.41, 5.74) is 2.90. The average Bonchev–Trinajstić information content (AvgIpc) is 2.91. The first-order valence-electron chi connectivity index (χ1n) is 12.9. The number of halogens is 4. The van der Waals surface area contributed by atoms with Crippen LogP contribution in [0.3, 0.4) is 0 Å². The number of aromatic nitrogens is 2. The summed E-state index contributed by atoms with van der Waals surface area (Å²) in [6.45, 7) is 4.24. The van der Waals surface area contributed by atoms with Crippen LogP contribution >= 0.6 is 0 Å². The lowest BCUT2D eigenvalue weighted by molar-refractivity contribution is 0.162. The van der Waals surface area contributed by atoms with E-state index in [0.29, 0.717) is 44.0 Å². The molecule has 1 unspecified atom stereocenters. The molecule has 2 aliphatic rings. The number of piperidine rings is 1. The van der Waals surface area contributed by atoms with Gasteiger partial charge in [-0.3, -0.25) is 4.90 Å². The first-order valence-corrected chi connectivity index (χ1v) is 12.9. The van der Waals surface area contributed by atoms with Gasteiger partial charge in [0.15, 0.2) is 23.2 Å². The van der Waals surface area contributed by atoms with Crippen molar-refractivity contribution >= 4 is 11.6 Å². The molecule has 202 valence electrons. The van der Waals surface area contributed by atoms with E-state index in [-0.39, 0.29) is 17.9 Å². The third-order valence-electron chi connectivity index (χ3n) is 7.14. The van der Waals surface area contributed by atoms with E-state index >= 15 is 0 Å². The van der Waals surface area contributed by atoms with Crippen LogP contribution in [-0.4, -0.2) is 53.6 Å². The third-order valence-corrected chi connectivity index (χ3v) is 7.14. The molecule has 10 heteroatoms. The molecule has 38 heavy (non-hydrogen) atoms. The molecular formula is C28H31F4N5O. The minimum Gasteiger partial charge on any atom is -0.487 e. The fourth-order valence-electron chi connectivity index (χ4n) is 5.09. The first-order chi connectivity index (χ1) is 18.4. The van der Waals surface area contributed by atoms with Gasteiger partial charge in [0.2, 0.25) is 0 Å². The molecule has 3 aromatic rings. The predicted octanol–water partition coefficient (Wildman–Crippen LogP) is 5.60. The molecule has 1 saturated heterocycles. The zero-order valence-electron chi connectivity index (χ0n) is 21.2. The van der Waals surface area contributed by atoms with Crippen molar-refractivity contribution in [3.63, 3.8) is 0 Å². The van der Waals surface area contributed by atoms with Crippen LogP contribution in [0.25, 0.3) is 0 Å². The van der Waals surface area contributed by atoms with Crippen molar-refractivity contribution in [2.75, 3.05) is 36.4 Å². The highest BCUT2D eigenvalue weighted by Gasteiger charge is 2.31. The molecule has 2 aromatic carbocycles. The monoisotopic (exact) mass is 529 g/mol. The van der Waals surface area contributed by atoms with Crippen LogP contribution in [0.2, 0.25) is 0 Å². The molecular weight excluding hydrogens is 498 g/mol. The van der Waals surface area contributed by atoms with Gasteiger partial charge in [0.05, 0.1) is 24.0 Å². The fourth-order valence-corrected chi connectivity index (χ4v) is 5.09.